The van der Waals surface area contributed by atoms with Gasteiger partial charge in [0.2, 0.25) is 5.12 Å². The number of carbonyl (C=O) groups excluding carboxylic acids is 1. The zero-order chi connectivity index (χ0) is 10.4. The van der Waals surface area contributed by atoms with Gasteiger partial charge in [0.25, 0.3) is 0 Å². The van der Waals surface area contributed by atoms with Crippen molar-refractivity contribution >= 4 is 22.8 Å². The number of hydrogen-bond acceptors (Lipinski definition) is 6. The molecule has 6 nitrogen and oxygen atoms in total. The number of nitrogens with two attached hydrogens (primary N) is 1. The average molecular weight is 209 g/mol. The Morgan fingerprint density at radius 1 is 1.46 bits per heavy atom. The van der Waals surface area contributed by atoms with Gasteiger partial charge in [-0.25, -0.2) is 0 Å². The molecule has 0 spiro atoms. The average Bonchev–Trinajstić information content (AvgIpc) is 2.11. The highest BCUT2D eigenvalue weighted by atomic mass is 32.2. The standard InChI is InChI=1S/C6H11NO5S/c7-3(5(10)11)2-13-6(12)4(9)1-8/h3-4,8-9H,1-2,7H2,(H,10,11)/t3-,4?/m0/s1. The van der Waals surface area contributed by atoms with Gasteiger partial charge in [0.1, 0.15) is 12.1 Å². The van der Waals surface area contributed by atoms with E-state index in [1.165, 1.54) is 0 Å². The fourth-order valence-corrected chi connectivity index (χ4v) is 1.17. The molecule has 76 valence electrons. The first-order valence-electron chi connectivity index (χ1n) is 3.43. The van der Waals surface area contributed by atoms with E-state index >= 15 is 0 Å². The molecule has 0 aliphatic heterocycles. The molecule has 0 bridgehead atoms. The molecule has 0 amide bonds. The number of aliphatic carboxylic acids is 1. The minimum atomic E-state index is -1.47. The second-order valence-electron chi connectivity index (χ2n) is 2.27. The van der Waals surface area contributed by atoms with Crippen LogP contribution in [0, 0.1) is 0 Å². The van der Waals surface area contributed by atoms with Gasteiger partial charge < -0.3 is 21.1 Å². The van der Waals surface area contributed by atoms with Gasteiger partial charge in [-0.05, 0) is 0 Å². The zero-order valence-electron chi connectivity index (χ0n) is 6.71. The molecule has 0 saturated carbocycles. The van der Waals surface area contributed by atoms with E-state index in [0.717, 1.165) is 0 Å². The topological polar surface area (TPSA) is 121 Å². The number of carboxylic acids is 1. The van der Waals surface area contributed by atoms with Crippen LogP contribution in [0.5, 0.6) is 0 Å². The van der Waals surface area contributed by atoms with Gasteiger partial charge in [0, 0.05) is 5.75 Å². The van der Waals surface area contributed by atoms with Crippen molar-refractivity contribution < 1.29 is 24.9 Å². The molecule has 0 saturated heterocycles. The van der Waals surface area contributed by atoms with E-state index in [2.05, 4.69) is 0 Å². The maximum atomic E-state index is 10.8. The third-order valence-electron chi connectivity index (χ3n) is 1.17. The van der Waals surface area contributed by atoms with E-state index in [1.54, 1.807) is 0 Å². The molecule has 5 N–H and O–H groups in total. The number of carboxylic acid groups (broad SMARTS) is 1. The van der Waals surface area contributed by atoms with Crippen LogP contribution in [-0.4, -0.2) is 50.9 Å². The van der Waals surface area contributed by atoms with Crippen LogP contribution in [0.1, 0.15) is 0 Å². The summed E-state index contributed by atoms with van der Waals surface area (Å²) in [6, 6.07) is -1.14. The van der Waals surface area contributed by atoms with E-state index in [0.29, 0.717) is 11.8 Å². The van der Waals surface area contributed by atoms with Crippen LogP contribution in [0.15, 0.2) is 0 Å². The Hall–Kier alpha value is -0.630. The van der Waals surface area contributed by atoms with Gasteiger partial charge in [-0.2, -0.15) is 0 Å². The largest absolute Gasteiger partial charge is 0.480 e. The minimum absolute atomic E-state index is 0.120. The summed E-state index contributed by atoms with van der Waals surface area (Å²) in [6.45, 7) is -0.672. The molecule has 0 aromatic carbocycles. The molecule has 0 aliphatic carbocycles. The Bertz CT molecular complexity index is 197. The molecule has 0 aliphatic rings. The Morgan fingerprint density at radius 3 is 2.38 bits per heavy atom. The number of carbonyl (C=O) groups is 2. The summed E-state index contributed by atoms with van der Waals surface area (Å²) in [4.78, 5) is 21.0. The van der Waals surface area contributed by atoms with Crippen molar-refractivity contribution in [2.45, 2.75) is 12.1 Å². The molecule has 13 heavy (non-hydrogen) atoms. The van der Waals surface area contributed by atoms with Crippen LogP contribution in [0.2, 0.25) is 0 Å². The summed E-state index contributed by atoms with van der Waals surface area (Å²) in [6.07, 6.45) is -1.47. The lowest BCUT2D eigenvalue weighted by molar-refractivity contribution is -0.137. The Balaban J connectivity index is 3.76. The highest BCUT2D eigenvalue weighted by Crippen LogP contribution is 2.06. The van der Waals surface area contributed by atoms with Crippen LogP contribution >= 0.6 is 11.8 Å². The second-order valence-corrected chi connectivity index (χ2v) is 3.30. The van der Waals surface area contributed by atoms with Gasteiger partial charge in [0.05, 0.1) is 6.61 Å². The maximum Gasteiger partial charge on any atom is 0.321 e. The molecule has 0 rings (SSSR count). The quantitative estimate of drug-likeness (QED) is 0.413. The van der Waals surface area contributed by atoms with E-state index in [4.69, 9.17) is 21.1 Å². The smallest absolute Gasteiger partial charge is 0.321 e. The minimum Gasteiger partial charge on any atom is -0.480 e. The van der Waals surface area contributed by atoms with Crippen molar-refractivity contribution in [3.05, 3.63) is 0 Å². The molecule has 0 radical (unpaired) electrons. The second kappa shape index (κ2) is 5.92. The first kappa shape index (κ1) is 12.4. The van der Waals surface area contributed by atoms with Gasteiger partial charge in [0.15, 0.2) is 0 Å². The van der Waals surface area contributed by atoms with Crippen LogP contribution in [-0.2, 0) is 9.59 Å². The number of aliphatic hydroxyl groups excluding tert-OH is 2. The number of aliphatic hydroxyl groups is 2. The fourth-order valence-electron chi connectivity index (χ4n) is 0.414. The molecule has 0 aromatic rings. The Kier molecular flexibility index (Phi) is 5.63. The third kappa shape index (κ3) is 4.83. The van der Waals surface area contributed by atoms with Crippen LogP contribution in [0.25, 0.3) is 0 Å². The zero-order valence-corrected chi connectivity index (χ0v) is 7.53. The summed E-state index contributed by atoms with van der Waals surface area (Å²) in [5.74, 6) is -1.33. The summed E-state index contributed by atoms with van der Waals surface area (Å²) < 4.78 is 0. The van der Waals surface area contributed by atoms with E-state index < -0.39 is 29.8 Å². The summed E-state index contributed by atoms with van der Waals surface area (Å²) in [5.41, 5.74) is 5.09. The lowest BCUT2D eigenvalue weighted by Crippen LogP contribution is -2.34. The predicted octanol–water partition coefficient (Wildman–Crippen LogP) is -1.99. The van der Waals surface area contributed by atoms with Gasteiger partial charge in [-0.1, -0.05) is 11.8 Å². The van der Waals surface area contributed by atoms with E-state index in [9.17, 15) is 9.59 Å². The molecule has 7 heteroatoms. The normalized spacial score (nSPS) is 15.0. The number of hydrogen-bond donors (Lipinski definition) is 4. The fraction of sp³-hybridized carbons (Fsp3) is 0.667. The summed E-state index contributed by atoms with van der Waals surface area (Å²) >= 11 is 0.591. The van der Waals surface area contributed by atoms with Crippen molar-refractivity contribution in [1.29, 1.82) is 0 Å². The molecular weight excluding hydrogens is 198 g/mol. The first-order valence-corrected chi connectivity index (χ1v) is 4.41. The Labute approximate surface area is 78.7 Å². The first-order chi connectivity index (χ1) is 5.99. The Morgan fingerprint density at radius 2 is 2.00 bits per heavy atom. The van der Waals surface area contributed by atoms with Gasteiger partial charge >= 0.3 is 5.97 Å². The van der Waals surface area contributed by atoms with Crippen LogP contribution in [0.4, 0.5) is 0 Å². The summed E-state index contributed by atoms with van der Waals surface area (Å²) in [7, 11) is 0. The van der Waals surface area contributed by atoms with Crippen molar-refractivity contribution in [1.82, 2.24) is 0 Å². The molecule has 0 aromatic heterocycles. The number of rotatable bonds is 5. The highest BCUT2D eigenvalue weighted by molar-refractivity contribution is 8.13. The van der Waals surface area contributed by atoms with Gasteiger partial charge in [-0.3, -0.25) is 9.59 Å². The molecule has 0 heterocycles. The van der Waals surface area contributed by atoms with E-state index in [-0.39, 0.29) is 5.75 Å². The molecular formula is C6H11NO5S. The lowest BCUT2D eigenvalue weighted by atomic mass is 10.4. The molecule has 0 fully saturated rings. The van der Waals surface area contributed by atoms with Gasteiger partial charge in [-0.15, -0.1) is 0 Å². The maximum absolute atomic E-state index is 10.8. The monoisotopic (exact) mass is 209 g/mol. The molecule has 2 atom stereocenters. The van der Waals surface area contributed by atoms with Crippen molar-refractivity contribution in [3.63, 3.8) is 0 Å². The SMILES string of the molecule is N[C@@H](CSC(=O)C(O)CO)C(=O)O. The summed E-state index contributed by atoms with van der Waals surface area (Å²) in [5, 5.41) is 24.8. The van der Waals surface area contributed by atoms with Crippen LogP contribution < -0.4 is 5.73 Å². The van der Waals surface area contributed by atoms with Crippen LogP contribution in [0.3, 0.4) is 0 Å². The van der Waals surface area contributed by atoms with Crippen molar-refractivity contribution in [3.8, 4) is 0 Å². The van der Waals surface area contributed by atoms with Crippen molar-refractivity contribution in [2.24, 2.45) is 5.73 Å². The third-order valence-corrected chi connectivity index (χ3v) is 2.25. The number of thioether (sulfide) groups is 1. The molecule has 1 unspecified atom stereocenters. The lowest BCUT2D eigenvalue weighted by Gasteiger charge is -2.07. The van der Waals surface area contributed by atoms with Crippen molar-refractivity contribution in [2.75, 3.05) is 12.4 Å². The predicted molar refractivity (Wildman–Crippen MR) is 46.2 cm³/mol. The highest BCUT2D eigenvalue weighted by Gasteiger charge is 2.18. The van der Waals surface area contributed by atoms with E-state index in [1.807, 2.05) is 0 Å².